The third kappa shape index (κ3) is 3.08. The van der Waals surface area contributed by atoms with Crippen molar-refractivity contribution in [3.63, 3.8) is 0 Å². The molecule has 0 saturated carbocycles. The van der Waals surface area contributed by atoms with Crippen molar-refractivity contribution in [2.24, 2.45) is 0 Å². The lowest BCUT2D eigenvalue weighted by atomic mass is 10.0. The molecule has 0 spiro atoms. The Morgan fingerprint density at radius 1 is 1.19 bits per heavy atom. The van der Waals surface area contributed by atoms with Crippen molar-refractivity contribution in [2.75, 3.05) is 11.9 Å². The second-order valence-electron chi connectivity index (χ2n) is 6.14. The number of hydrogen-bond acceptors (Lipinski definition) is 6. The zero-order valence-electron chi connectivity index (χ0n) is 15.0. The molecule has 0 amide bonds. The number of rotatable bonds is 5. The monoisotopic (exact) mass is 364 g/mol. The first-order valence-electron chi connectivity index (χ1n) is 8.65. The highest BCUT2D eigenvalue weighted by Crippen LogP contribution is 2.31. The molecular weight excluding hydrogens is 344 g/mol. The quantitative estimate of drug-likeness (QED) is 0.532. The zero-order valence-corrected chi connectivity index (χ0v) is 15.8. The Hall–Kier alpha value is -2.73. The van der Waals surface area contributed by atoms with Crippen molar-refractivity contribution in [1.29, 1.82) is 0 Å². The molecular formula is C20H20N4OS. The fourth-order valence-corrected chi connectivity index (χ4v) is 3.96. The van der Waals surface area contributed by atoms with E-state index in [-0.39, 0.29) is 6.04 Å². The van der Waals surface area contributed by atoms with Crippen LogP contribution in [0.1, 0.15) is 31.3 Å². The van der Waals surface area contributed by atoms with Gasteiger partial charge in [0.2, 0.25) is 5.88 Å². The second-order valence-corrected chi connectivity index (χ2v) is 7.09. The number of aromatic nitrogens is 3. The molecule has 0 aliphatic carbocycles. The third-order valence-corrected chi connectivity index (χ3v) is 5.19. The first-order valence-corrected chi connectivity index (χ1v) is 9.53. The zero-order chi connectivity index (χ0) is 18.1. The largest absolute Gasteiger partial charge is 0.478 e. The van der Waals surface area contributed by atoms with Crippen LogP contribution in [-0.4, -0.2) is 21.6 Å². The van der Waals surface area contributed by atoms with Crippen molar-refractivity contribution in [3.8, 4) is 5.88 Å². The summed E-state index contributed by atoms with van der Waals surface area (Å²) in [5, 5.41) is 7.89. The van der Waals surface area contributed by atoms with Crippen LogP contribution in [0.2, 0.25) is 0 Å². The van der Waals surface area contributed by atoms with Crippen LogP contribution in [0, 0.1) is 6.92 Å². The Balaban J connectivity index is 1.76. The molecule has 0 aliphatic heterocycles. The van der Waals surface area contributed by atoms with Crippen molar-refractivity contribution < 1.29 is 4.74 Å². The van der Waals surface area contributed by atoms with Crippen LogP contribution in [0.4, 0.5) is 5.82 Å². The van der Waals surface area contributed by atoms with Gasteiger partial charge in [0.15, 0.2) is 0 Å². The van der Waals surface area contributed by atoms with E-state index in [1.165, 1.54) is 15.6 Å². The average Bonchev–Trinajstić information content (AvgIpc) is 3.11. The standard InChI is InChI=1S/C20H20N4OS/c1-4-25-19-10-16-17(11-21-19)23-13(3)24-20(16)22-12(2)14-6-5-7-18-15(14)8-9-26-18/h5-12H,4H2,1-3H3,(H,22,23,24). The molecule has 4 rings (SSSR count). The number of pyridine rings is 1. The molecule has 0 saturated heterocycles. The van der Waals surface area contributed by atoms with Crippen molar-refractivity contribution in [3.05, 3.63) is 53.3 Å². The molecule has 0 bridgehead atoms. The molecule has 0 radical (unpaired) electrons. The molecule has 0 aliphatic rings. The number of hydrogen-bond donors (Lipinski definition) is 1. The van der Waals surface area contributed by atoms with E-state index in [1.807, 2.05) is 19.9 Å². The maximum absolute atomic E-state index is 5.54. The predicted molar refractivity (Wildman–Crippen MR) is 107 cm³/mol. The molecule has 132 valence electrons. The number of anilines is 1. The van der Waals surface area contributed by atoms with Gasteiger partial charge >= 0.3 is 0 Å². The van der Waals surface area contributed by atoms with Crippen molar-refractivity contribution in [1.82, 2.24) is 15.0 Å². The van der Waals surface area contributed by atoms with E-state index in [9.17, 15) is 0 Å². The molecule has 3 heterocycles. The summed E-state index contributed by atoms with van der Waals surface area (Å²) in [6, 6.07) is 10.6. The number of nitrogens with one attached hydrogen (secondary N) is 1. The topological polar surface area (TPSA) is 59.9 Å². The Morgan fingerprint density at radius 3 is 2.92 bits per heavy atom. The summed E-state index contributed by atoms with van der Waals surface area (Å²) in [5.41, 5.74) is 2.07. The molecule has 0 fully saturated rings. The van der Waals surface area contributed by atoms with Gasteiger partial charge in [-0.25, -0.2) is 15.0 Å². The van der Waals surface area contributed by atoms with Crippen LogP contribution >= 0.6 is 11.3 Å². The molecule has 1 atom stereocenters. The molecule has 3 aromatic heterocycles. The van der Waals surface area contributed by atoms with E-state index in [4.69, 9.17) is 4.74 Å². The lowest BCUT2D eigenvalue weighted by Gasteiger charge is -2.18. The number of aryl methyl sites for hydroxylation is 1. The Kier molecular flexibility index (Phi) is 4.42. The fourth-order valence-electron chi connectivity index (χ4n) is 3.14. The van der Waals surface area contributed by atoms with Gasteiger partial charge in [-0.3, -0.25) is 0 Å². The highest BCUT2D eigenvalue weighted by molar-refractivity contribution is 7.17. The number of fused-ring (bicyclic) bond motifs is 2. The van der Waals surface area contributed by atoms with Crippen LogP contribution in [0.25, 0.3) is 21.0 Å². The summed E-state index contributed by atoms with van der Waals surface area (Å²) in [7, 11) is 0. The van der Waals surface area contributed by atoms with E-state index in [0.29, 0.717) is 18.3 Å². The predicted octanol–water partition coefficient (Wildman–Crippen LogP) is 5.12. The number of ether oxygens (including phenoxy) is 1. The van der Waals surface area contributed by atoms with Gasteiger partial charge in [0, 0.05) is 16.2 Å². The smallest absolute Gasteiger partial charge is 0.214 e. The summed E-state index contributed by atoms with van der Waals surface area (Å²) >= 11 is 1.76. The first kappa shape index (κ1) is 16.7. The molecule has 1 unspecified atom stereocenters. The van der Waals surface area contributed by atoms with Gasteiger partial charge in [-0.2, -0.15) is 0 Å². The van der Waals surface area contributed by atoms with E-state index in [1.54, 1.807) is 17.5 Å². The minimum Gasteiger partial charge on any atom is -0.478 e. The summed E-state index contributed by atoms with van der Waals surface area (Å²) in [6.07, 6.45) is 1.74. The van der Waals surface area contributed by atoms with Gasteiger partial charge in [-0.1, -0.05) is 12.1 Å². The Labute approximate surface area is 156 Å². The molecule has 4 aromatic rings. The van der Waals surface area contributed by atoms with Crippen LogP contribution in [0.15, 0.2) is 41.9 Å². The molecule has 1 N–H and O–H groups in total. The number of benzene rings is 1. The van der Waals surface area contributed by atoms with E-state index in [0.717, 1.165) is 16.7 Å². The third-order valence-electron chi connectivity index (χ3n) is 4.31. The maximum Gasteiger partial charge on any atom is 0.214 e. The minimum atomic E-state index is 0.106. The number of nitrogens with zero attached hydrogens (tertiary/aromatic N) is 3. The molecule has 5 nitrogen and oxygen atoms in total. The average molecular weight is 364 g/mol. The van der Waals surface area contributed by atoms with E-state index >= 15 is 0 Å². The van der Waals surface area contributed by atoms with Crippen molar-refractivity contribution in [2.45, 2.75) is 26.8 Å². The highest BCUT2D eigenvalue weighted by Gasteiger charge is 2.14. The summed E-state index contributed by atoms with van der Waals surface area (Å²) in [6.45, 7) is 6.57. The Morgan fingerprint density at radius 2 is 2.08 bits per heavy atom. The van der Waals surface area contributed by atoms with Crippen LogP contribution < -0.4 is 10.1 Å². The van der Waals surface area contributed by atoms with Gasteiger partial charge in [0.25, 0.3) is 0 Å². The summed E-state index contributed by atoms with van der Waals surface area (Å²) < 4.78 is 6.84. The van der Waals surface area contributed by atoms with E-state index in [2.05, 4.69) is 56.8 Å². The Bertz CT molecular complexity index is 1080. The molecule has 26 heavy (non-hydrogen) atoms. The summed E-state index contributed by atoms with van der Waals surface area (Å²) in [4.78, 5) is 13.4. The van der Waals surface area contributed by atoms with Crippen molar-refractivity contribution >= 4 is 38.1 Å². The normalized spacial score (nSPS) is 12.4. The minimum absolute atomic E-state index is 0.106. The molecule has 1 aromatic carbocycles. The van der Waals surface area contributed by atoms with Gasteiger partial charge in [0.1, 0.15) is 11.6 Å². The highest BCUT2D eigenvalue weighted by atomic mass is 32.1. The summed E-state index contributed by atoms with van der Waals surface area (Å²) in [5.74, 6) is 2.10. The number of thiophene rings is 1. The lowest BCUT2D eigenvalue weighted by molar-refractivity contribution is 0.327. The van der Waals surface area contributed by atoms with Gasteiger partial charge in [-0.15, -0.1) is 11.3 Å². The maximum atomic E-state index is 5.54. The van der Waals surface area contributed by atoms with Crippen LogP contribution in [-0.2, 0) is 0 Å². The second kappa shape index (κ2) is 6.88. The van der Waals surface area contributed by atoms with Gasteiger partial charge in [0.05, 0.1) is 24.4 Å². The van der Waals surface area contributed by atoms with Gasteiger partial charge < -0.3 is 10.1 Å². The van der Waals surface area contributed by atoms with Crippen LogP contribution in [0.3, 0.4) is 0 Å². The first-order chi connectivity index (χ1) is 12.7. The fraction of sp³-hybridized carbons (Fsp3) is 0.250. The van der Waals surface area contributed by atoms with Gasteiger partial charge in [-0.05, 0) is 49.2 Å². The van der Waals surface area contributed by atoms with Crippen LogP contribution in [0.5, 0.6) is 5.88 Å². The van der Waals surface area contributed by atoms with E-state index < -0.39 is 0 Å². The SMILES string of the molecule is CCOc1cc2c(NC(C)c3cccc4sccc34)nc(C)nc2cn1. The molecule has 6 heteroatoms. The lowest BCUT2D eigenvalue weighted by Crippen LogP contribution is -2.10.